The second-order valence-electron chi connectivity index (χ2n) is 4.23. The molecule has 0 heterocycles. The van der Waals surface area contributed by atoms with Crippen molar-refractivity contribution in [2.75, 3.05) is 19.6 Å². The molecule has 1 rings (SSSR count). The molecule has 0 radical (unpaired) electrons. The van der Waals surface area contributed by atoms with Crippen LogP contribution in [-0.2, 0) is 6.42 Å². The van der Waals surface area contributed by atoms with Crippen molar-refractivity contribution in [1.29, 1.82) is 0 Å². The van der Waals surface area contributed by atoms with Crippen LogP contribution in [0.1, 0.15) is 12.5 Å². The molecule has 0 aliphatic rings. The van der Waals surface area contributed by atoms with Crippen LogP contribution < -0.4 is 10.6 Å². The zero-order valence-electron chi connectivity index (χ0n) is 11.9. The SMILES string of the molecule is C=CCNC(=NCC(O)Cc1ccccc1)NCC.I. The molecule has 1 unspecified atom stereocenters. The number of aliphatic hydroxyl groups is 1. The van der Waals surface area contributed by atoms with Gasteiger partial charge in [-0.05, 0) is 12.5 Å². The minimum Gasteiger partial charge on any atom is -0.391 e. The molecular formula is C15H24IN3O. The van der Waals surface area contributed by atoms with Crippen LogP contribution in [0.2, 0.25) is 0 Å². The van der Waals surface area contributed by atoms with Gasteiger partial charge in [0.05, 0.1) is 12.6 Å². The second-order valence-corrected chi connectivity index (χ2v) is 4.23. The third kappa shape index (κ3) is 8.16. The summed E-state index contributed by atoms with van der Waals surface area (Å²) in [5.41, 5.74) is 1.12. The lowest BCUT2D eigenvalue weighted by Crippen LogP contribution is -2.38. The van der Waals surface area contributed by atoms with Crippen LogP contribution in [0.4, 0.5) is 0 Å². The predicted molar refractivity (Wildman–Crippen MR) is 95.7 cm³/mol. The highest BCUT2D eigenvalue weighted by Gasteiger charge is 2.05. The van der Waals surface area contributed by atoms with E-state index in [1.54, 1.807) is 6.08 Å². The number of hydrogen-bond donors (Lipinski definition) is 3. The van der Waals surface area contributed by atoms with Crippen LogP contribution in [0.15, 0.2) is 48.0 Å². The minimum atomic E-state index is -0.471. The van der Waals surface area contributed by atoms with Crippen molar-refractivity contribution in [3.63, 3.8) is 0 Å². The van der Waals surface area contributed by atoms with Gasteiger partial charge in [0.2, 0.25) is 0 Å². The minimum absolute atomic E-state index is 0. The summed E-state index contributed by atoms with van der Waals surface area (Å²) in [7, 11) is 0. The van der Waals surface area contributed by atoms with Gasteiger partial charge in [-0.15, -0.1) is 30.6 Å². The molecule has 0 aliphatic heterocycles. The number of halogens is 1. The molecule has 1 aromatic rings. The molecule has 1 atom stereocenters. The highest BCUT2D eigenvalue weighted by Crippen LogP contribution is 2.03. The molecular weight excluding hydrogens is 365 g/mol. The lowest BCUT2D eigenvalue weighted by molar-refractivity contribution is 0.183. The molecule has 3 N–H and O–H groups in total. The van der Waals surface area contributed by atoms with Crippen LogP contribution in [0.3, 0.4) is 0 Å². The summed E-state index contributed by atoms with van der Waals surface area (Å²) in [4.78, 5) is 4.34. The van der Waals surface area contributed by atoms with Gasteiger partial charge in [-0.3, -0.25) is 4.99 Å². The van der Waals surface area contributed by atoms with Crippen LogP contribution in [0.5, 0.6) is 0 Å². The molecule has 0 spiro atoms. The number of benzene rings is 1. The smallest absolute Gasteiger partial charge is 0.191 e. The lowest BCUT2D eigenvalue weighted by Gasteiger charge is -2.12. The number of nitrogens with one attached hydrogen (secondary N) is 2. The number of nitrogens with zero attached hydrogens (tertiary/aromatic N) is 1. The molecule has 0 bridgehead atoms. The van der Waals surface area contributed by atoms with Crippen LogP contribution in [0, 0.1) is 0 Å². The summed E-state index contributed by atoms with van der Waals surface area (Å²) >= 11 is 0. The molecule has 0 saturated heterocycles. The normalized spacial score (nSPS) is 12.2. The fourth-order valence-electron chi connectivity index (χ4n) is 1.66. The third-order valence-electron chi connectivity index (χ3n) is 2.53. The van der Waals surface area contributed by atoms with Crippen LogP contribution in [-0.4, -0.2) is 36.8 Å². The average molecular weight is 389 g/mol. The van der Waals surface area contributed by atoms with E-state index >= 15 is 0 Å². The van der Waals surface area contributed by atoms with E-state index in [1.807, 2.05) is 37.3 Å². The fraction of sp³-hybridized carbons (Fsp3) is 0.400. The Kier molecular flexibility index (Phi) is 11.1. The standard InChI is InChI=1S/C15H23N3O.HI/c1-3-10-17-15(16-4-2)18-12-14(19)11-13-8-6-5-7-9-13;/h3,5-9,14,19H,1,4,10-12H2,2H3,(H2,16,17,18);1H. The molecule has 1 aromatic carbocycles. The van der Waals surface area contributed by atoms with E-state index < -0.39 is 6.10 Å². The highest BCUT2D eigenvalue weighted by atomic mass is 127. The van der Waals surface area contributed by atoms with Gasteiger partial charge in [0, 0.05) is 19.5 Å². The fourth-order valence-corrected chi connectivity index (χ4v) is 1.66. The van der Waals surface area contributed by atoms with Crippen molar-refractivity contribution < 1.29 is 5.11 Å². The van der Waals surface area contributed by atoms with Crippen molar-refractivity contribution >= 4 is 29.9 Å². The van der Waals surface area contributed by atoms with E-state index in [4.69, 9.17) is 0 Å². The van der Waals surface area contributed by atoms with E-state index in [1.165, 1.54) is 0 Å². The van der Waals surface area contributed by atoms with Gasteiger partial charge in [-0.1, -0.05) is 36.4 Å². The number of rotatable bonds is 7. The molecule has 0 amide bonds. The van der Waals surface area contributed by atoms with E-state index in [2.05, 4.69) is 22.2 Å². The van der Waals surface area contributed by atoms with E-state index in [0.717, 1.165) is 12.1 Å². The molecule has 0 fully saturated rings. The molecule has 0 saturated carbocycles. The number of hydrogen-bond acceptors (Lipinski definition) is 2. The summed E-state index contributed by atoms with van der Waals surface area (Å²) < 4.78 is 0. The first-order valence-electron chi connectivity index (χ1n) is 6.61. The molecule has 4 nitrogen and oxygen atoms in total. The summed E-state index contributed by atoms with van der Waals surface area (Å²) in [5, 5.41) is 16.2. The number of aliphatic hydroxyl groups excluding tert-OH is 1. The van der Waals surface area contributed by atoms with Crippen molar-refractivity contribution in [3.05, 3.63) is 48.6 Å². The highest BCUT2D eigenvalue weighted by molar-refractivity contribution is 14.0. The summed E-state index contributed by atoms with van der Waals surface area (Å²) in [6, 6.07) is 9.93. The Balaban J connectivity index is 0.00000361. The van der Waals surface area contributed by atoms with E-state index in [9.17, 15) is 5.11 Å². The molecule has 20 heavy (non-hydrogen) atoms. The summed E-state index contributed by atoms with van der Waals surface area (Å²) in [5.74, 6) is 0.703. The maximum absolute atomic E-state index is 9.96. The monoisotopic (exact) mass is 389 g/mol. The maximum Gasteiger partial charge on any atom is 0.191 e. The Morgan fingerprint density at radius 1 is 1.35 bits per heavy atom. The first-order chi connectivity index (χ1) is 9.26. The Morgan fingerprint density at radius 3 is 2.65 bits per heavy atom. The van der Waals surface area contributed by atoms with E-state index in [-0.39, 0.29) is 24.0 Å². The zero-order chi connectivity index (χ0) is 13.9. The average Bonchev–Trinajstić information content (AvgIpc) is 2.43. The molecule has 0 aliphatic carbocycles. The van der Waals surface area contributed by atoms with Crippen LogP contribution in [0.25, 0.3) is 0 Å². The van der Waals surface area contributed by atoms with Crippen molar-refractivity contribution in [3.8, 4) is 0 Å². The van der Waals surface area contributed by atoms with Crippen molar-refractivity contribution in [2.45, 2.75) is 19.4 Å². The molecule has 112 valence electrons. The van der Waals surface area contributed by atoms with Crippen molar-refractivity contribution in [2.24, 2.45) is 4.99 Å². The van der Waals surface area contributed by atoms with Gasteiger partial charge in [-0.2, -0.15) is 0 Å². The Labute approximate surface area is 138 Å². The summed E-state index contributed by atoms with van der Waals surface area (Å²) in [6.07, 6.45) is 1.92. The Morgan fingerprint density at radius 2 is 2.05 bits per heavy atom. The van der Waals surface area contributed by atoms with Gasteiger partial charge in [0.1, 0.15) is 0 Å². The van der Waals surface area contributed by atoms with Gasteiger partial charge < -0.3 is 15.7 Å². The van der Waals surface area contributed by atoms with E-state index in [0.29, 0.717) is 25.5 Å². The van der Waals surface area contributed by atoms with Crippen molar-refractivity contribution in [1.82, 2.24) is 10.6 Å². The third-order valence-corrected chi connectivity index (χ3v) is 2.53. The largest absolute Gasteiger partial charge is 0.391 e. The van der Waals surface area contributed by atoms with Crippen LogP contribution >= 0.6 is 24.0 Å². The number of guanidine groups is 1. The summed E-state index contributed by atoms with van der Waals surface area (Å²) in [6.45, 7) is 7.47. The number of aliphatic imine (C=N–C) groups is 1. The second kappa shape index (κ2) is 11.7. The topological polar surface area (TPSA) is 56.7 Å². The zero-order valence-corrected chi connectivity index (χ0v) is 14.2. The first kappa shape index (κ1) is 18.9. The van der Waals surface area contributed by atoms with Gasteiger partial charge in [0.25, 0.3) is 0 Å². The van der Waals surface area contributed by atoms with Gasteiger partial charge >= 0.3 is 0 Å². The lowest BCUT2D eigenvalue weighted by atomic mass is 10.1. The predicted octanol–water partition coefficient (Wildman–Crippen LogP) is 1.95. The maximum atomic E-state index is 9.96. The Bertz CT molecular complexity index is 395. The quantitative estimate of drug-likeness (QED) is 0.289. The Hall–Kier alpha value is -1.08. The van der Waals surface area contributed by atoms with Gasteiger partial charge in [0.15, 0.2) is 5.96 Å². The van der Waals surface area contributed by atoms with Gasteiger partial charge in [-0.25, -0.2) is 0 Å². The molecule has 0 aromatic heterocycles. The molecule has 5 heteroatoms. The first-order valence-corrected chi connectivity index (χ1v) is 6.61.